The molecule has 1 heterocycles. The smallest absolute Gasteiger partial charge is 0.312 e. The molecule has 496 valence electrons. The number of carbonyl (C=O) groups excluding carboxylic acids is 12. The van der Waals surface area contributed by atoms with Gasteiger partial charge in [0.1, 0.15) is 60.4 Å². The third-order valence-electron chi connectivity index (χ3n) is 14.2. The molecule has 1 aliphatic rings. The van der Waals surface area contributed by atoms with Crippen LogP contribution in [0.15, 0.2) is 30.3 Å². The first-order valence-corrected chi connectivity index (χ1v) is 29.9. The average molecular weight is 1250 g/mol. The molecule has 1 aliphatic heterocycles. The molecule has 3 unspecified atom stereocenters. The molecule has 0 aliphatic carbocycles. The Balaban J connectivity index is 2.69. The van der Waals surface area contributed by atoms with Crippen molar-refractivity contribution in [1.29, 1.82) is 0 Å². The number of esters is 1. The van der Waals surface area contributed by atoms with Crippen molar-refractivity contribution in [2.24, 2.45) is 40.0 Å². The maximum atomic E-state index is 14.6. The standard InChI is InChI=1S/C57H98N16O15/c1-9-31(4)88-56(87)57(7,8)29-43(76)64-35(15-21-58)50(81)73-45(33(6)75)55(86)69-38(18-24-61)47(78)68-40-20-26-63-54(85)44(32(5)74)72-51(82)39(19-25-62)66-46(77)36(16-22-59)67-52(83)41(27-30(2)3)70-53(84)42(28-34-13-11-10-12-14-34)71-48(79)37(17-23-60)65-49(40)80/h10-14,30-33,35-42,44-45,74-75H,9,15-29,58-62H2,1-8H3,(H,63,85)(H,64,76)(H,65,80)(H,66,77)(H,67,83)(H,68,78)(H,69,86)(H,70,84)(H,71,79)(H,72,82)(H,73,81)/t31?,32?,33?,35-,36-,37-,38-,39-,40-,41-,42+,44-,45-/m0/s1. The Kier molecular flexibility index (Phi) is 33.8. The van der Waals surface area contributed by atoms with E-state index in [-0.39, 0.29) is 83.6 Å². The van der Waals surface area contributed by atoms with Crippen molar-refractivity contribution in [2.45, 2.75) is 198 Å². The summed E-state index contributed by atoms with van der Waals surface area (Å²) in [4.78, 5) is 167. The lowest BCUT2D eigenvalue weighted by molar-refractivity contribution is -0.160. The topological polar surface area (TPSA) is 517 Å². The van der Waals surface area contributed by atoms with E-state index in [1.54, 1.807) is 51.1 Å². The summed E-state index contributed by atoms with van der Waals surface area (Å²) in [6, 6.07) is -6.76. The monoisotopic (exact) mass is 1250 g/mol. The molecule has 13 atom stereocenters. The normalized spacial score (nSPS) is 22.6. The second-order valence-electron chi connectivity index (χ2n) is 23.0. The summed E-state index contributed by atoms with van der Waals surface area (Å²) in [7, 11) is 0. The van der Waals surface area contributed by atoms with Crippen LogP contribution < -0.4 is 87.2 Å². The third-order valence-corrected chi connectivity index (χ3v) is 14.2. The molecule has 1 fully saturated rings. The molecule has 0 radical (unpaired) electrons. The quantitative estimate of drug-likeness (QED) is 0.0347. The number of aliphatic hydroxyl groups is 2. The lowest BCUT2D eigenvalue weighted by Gasteiger charge is -2.29. The van der Waals surface area contributed by atoms with Crippen molar-refractivity contribution in [3.05, 3.63) is 35.9 Å². The summed E-state index contributed by atoms with van der Waals surface area (Å²) < 4.78 is 5.40. The minimum atomic E-state index is -1.79. The number of aliphatic hydroxyl groups excluding tert-OH is 2. The van der Waals surface area contributed by atoms with E-state index in [1.165, 1.54) is 20.8 Å². The maximum Gasteiger partial charge on any atom is 0.312 e. The molecule has 0 spiro atoms. The van der Waals surface area contributed by atoms with Crippen LogP contribution in [0.5, 0.6) is 0 Å². The first-order chi connectivity index (χ1) is 41.5. The van der Waals surface area contributed by atoms with Crippen molar-refractivity contribution in [1.82, 2.24) is 58.5 Å². The van der Waals surface area contributed by atoms with Gasteiger partial charge in [0, 0.05) is 19.4 Å². The van der Waals surface area contributed by atoms with Crippen LogP contribution in [0.1, 0.15) is 119 Å². The summed E-state index contributed by atoms with van der Waals surface area (Å²) >= 11 is 0. The minimum absolute atomic E-state index is 0.0327. The first kappa shape index (κ1) is 76.7. The summed E-state index contributed by atoms with van der Waals surface area (Å²) in [5.74, 6) is -11.3. The third kappa shape index (κ3) is 26.1. The van der Waals surface area contributed by atoms with E-state index in [1.807, 2.05) is 6.92 Å². The van der Waals surface area contributed by atoms with Crippen LogP contribution in [0.2, 0.25) is 0 Å². The van der Waals surface area contributed by atoms with Gasteiger partial charge in [-0.25, -0.2) is 0 Å². The highest BCUT2D eigenvalue weighted by molar-refractivity contribution is 5.99. The van der Waals surface area contributed by atoms with Crippen molar-refractivity contribution >= 4 is 70.9 Å². The van der Waals surface area contributed by atoms with E-state index in [9.17, 15) is 67.7 Å². The lowest BCUT2D eigenvalue weighted by Crippen LogP contribution is -2.62. The zero-order chi connectivity index (χ0) is 66.4. The molecule has 1 aromatic rings. The van der Waals surface area contributed by atoms with Gasteiger partial charge in [-0.1, -0.05) is 51.1 Å². The van der Waals surface area contributed by atoms with Crippen LogP contribution in [0.3, 0.4) is 0 Å². The van der Waals surface area contributed by atoms with Gasteiger partial charge in [0.15, 0.2) is 0 Å². The molecule has 2 rings (SSSR count). The van der Waals surface area contributed by atoms with Gasteiger partial charge in [-0.05, 0) is 130 Å². The van der Waals surface area contributed by atoms with Crippen LogP contribution in [0.4, 0.5) is 0 Å². The van der Waals surface area contributed by atoms with E-state index in [4.69, 9.17) is 33.4 Å². The van der Waals surface area contributed by atoms with Crippen LogP contribution in [-0.2, 0) is 68.7 Å². The Morgan fingerprint density at radius 2 is 1.08 bits per heavy atom. The predicted octanol–water partition coefficient (Wildman–Crippen LogP) is -6.09. The van der Waals surface area contributed by atoms with Crippen LogP contribution in [0.25, 0.3) is 0 Å². The Bertz CT molecular complexity index is 2490. The fourth-order valence-corrected chi connectivity index (χ4v) is 9.02. The number of hydrogen-bond acceptors (Lipinski definition) is 20. The second kappa shape index (κ2) is 38.8. The van der Waals surface area contributed by atoms with E-state index >= 15 is 0 Å². The first-order valence-electron chi connectivity index (χ1n) is 29.9. The SMILES string of the molecule is CCC(C)OC(=O)C(C)(C)CC(=O)N[C@@H](CCN)C(=O)N[C@H](C(=O)N[C@@H](CCN)C(=O)N[C@H]1CCNC(=O)[C@H](C(C)O)NC(=O)[C@H](CCN)NC(=O)[C@H](CCN)NC(=O)[C@H](CC(C)C)NC(=O)[C@@H](Cc2ccccc2)NC(=O)[C@H](CCN)NC1=O)C(C)O. The summed E-state index contributed by atoms with van der Waals surface area (Å²) in [5.41, 5.74) is 28.6. The van der Waals surface area contributed by atoms with Crippen LogP contribution in [0, 0.1) is 11.3 Å². The van der Waals surface area contributed by atoms with Crippen molar-refractivity contribution in [3.63, 3.8) is 0 Å². The number of nitrogens with one attached hydrogen (secondary N) is 11. The van der Waals surface area contributed by atoms with E-state index in [2.05, 4.69) is 58.5 Å². The number of hydrogen-bond donors (Lipinski definition) is 18. The Morgan fingerprint density at radius 3 is 1.57 bits per heavy atom. The predicted molar refractivity (Wildman–Crippen MR) is 322 cm³/mol. The summed E-state index contributed by atoms with van der Waals surface area (Å²) in [6.07, 6.45) is -5.16. The van der Waals surface area contributed by atoms with Gasteiger partial charge in [0.2, 0.25) is 65.0 Å². The Morgan fingerprint density at radius 1 is 0.602 bits per heavy atom. The highest BCUT2D eigenvalue weighted by Crippen LogP contribution is 2.24. The second-order valence-corrected chi connectivity index (χ2v) is 23.0. The number of amides is 11. The van der Waals surface area contributed by atoms with E-state index in [0.717, 1.165) is 6.92 Å². The highest BCUT2D eigenvalue weighted by atomic mass is 16.5. The molecule has 1 saturated heterocycles. The van der Waals surface area contributed by atoms with Gasteiger partial charge in [-0.15, -0.1) is 0 Å². The molecule has 31 nitrogen and oxygen atoms in total. The van der Waals surface area contributed by atoms with Gasteiger partial charge in [0.25, 0.3) is 0 Å². The molecule has 11 amide bonds. The number of ether oxygens (including phenoxy) is 1. The van der Waals surface area contributed by atoms with Crippen LogP contribution >= 0.6 is 0 Å². The Labute approximate surface area is 513 Å². The lowest BCUT2D eigenvalue weighted by atomic mass is 9.88. The molecule has 0 bridgehead atoms. The molecule has 31 heteroatoms. The molecular weight excluding hydrogens is 1150 g/mol. The fraction of sp³-hybridized carbons (Fsp3) is 0.684. The fourth-order valence-electron chi connectivity index (χ4n) is 9.02. The van der Waals surface area contributed by atoms with Gasteiger partial charge < -0.3 is 102 Å². The van der Waals surface area contributed by atoms with E-state index in [0.29, 0.717) is 12.0 Å². The van der Waals surface area contributed by atoms with E-state index < -0.39 is 174 Å². The average Bonchev–Trinajstić information content (AvgIpc) is 3.56. The Hall–Kier alpha value is -7.42. The van der Waals surface area contributed by atoms with Crippen molar-refractivity contribution in [3.8, 4) is 0 Å². The number of rotatable bonds is 28. The summed E-state index contributed by atoms with van der Waals surface area (Å²) in [6.45, 7) is 11.0. The van der Waals surface area contributed by atoms with Gasteiger partial charge in [0.05, 0.1) is 23.7 Å². The number of benzene rings is 1. The molecule has 23 N–H and O–H groups in total. The van der Waals surface area contributed by atoms with Gasteiger partial charge >= 0.3 is 5.97 Å². The molecule has 88 heavy (non-hydrogen) atoms. The van der Waals surface area contributed by atoms with Gasteiger partial charge in [-0.2, -0.15) is 0 Å². The van der Waals surface area contributed by atoms with Crippen molar-refractivity contribution < 1.29 is 72.5 Å². The maximum absolute atomic E-state index is 14.6. The summed E-state index contributed by atoms with van der Waals surface area (Å²) in [5, 5.41) is 49.4. The van der Waals surface area contributed by atoms with Crippen LogP contribution in [-0.4, -0.2) is 199 Å². The minimum Gasteiger partial charge on any atom is -0.462 e. The van der Waals surface area contributed by atoms with Crippen molar-refractivity contribution in [2.75, 3.05) is 39.3 Å². The molecule has 0 aromatic heterocycles. The number of carbonyl (C=O) groups is 12. The zero-order valence-corrected chi connectivity index (χ0v) is 51.9. The largest absolute Gasteiger partial charge is 0.462 e. The molecule has 1 aromatic carbocycles. The molecule has 0 saturated carbocycles. The molecular formula is C57H98N16O15. The zero-order valence-electron chi connectivity index (χ0n) is 51.9. The highest BCUT2D eigenvalue weighted by Gasteiger charge is 2.39. The van der Waals surface area contributed by atoms with Gasteiger partial charge in [-0.3, -0.25) is 57.5 Å². The number of nitrogens with two attached hydrogens (primary N) is 5.